The van der Waals surface area contributed by atoms with Crippen molar-refractivity contribution in [3.8, 4) is 0 Å². The van der Waals surface area contributed by atoms with Crippen molar-refractivity contribution in [2.45, 2.75) is 178 Å². The van der Waals surface area contributed by atoms with Crippen LogP contribution in [0.4, 0.5) is 13.2 Å². The second kappa shape index (κ2) is 15.9. The molecule has 2 spiro atoms. The Kier molecular flexibility index (Phi) is 11.7. The molecule has 8 heterocycles. The van der Waals surface area contributed by atoms with Crippen molar-refractivity contribution < 1.29 is 70.8 Å². The van der Waals surface area contributed by atoms with Gasteiger partial charge in [-0.15, -0.1) is 0 Å². The number of hydrogen-bond donors (Lipinski definition) is 1. The Hall–Kier alpha value is -2.12. The second-order valence-corrected chi connectivity index (χ2v) is 19.4. The number of esters is 1. The number of rotatable bonds is 11. The van der Waals surface area contributed by atoms with Gasteiger partial charge in [-0.1, -0.05) is 27.7 Å². The fraction of sp³-hybridized carbons (Fsp3) is 0.929. The molecule has 4 bridgehead atoms. The highest BCUT2D eigenvalue weighted by Gasteiger charge is 2.71. The van der Waals surface area contributed by atoms with Crippen molar-refractivity contribution in [1.29, 1.82) is 0 Å². The van der Waals surface area contributed by atoms with E-state index >= 15 is 0 Å². The standard InChI is InChI=1S/C42H63F3N2O12/c1-22-10-12-28-24(3)31(52-36-40(28)26(22)16-18-38(5,54-36)56-58-40)9-8-20-47(35(50)42(43,44)45)30(34(49)46-21-33(48)51-7)14-15-32-25(4)29-13-11-23(2)27-17-19-39(6)55-37(53-32)41(27,29)59-57-39/h22-32,36-37H,8-21H2,1-7H3,(H,46,49)/t22-,23-,24-,25-,26+,27+,28+,29+,30?,31-,32-,36-,37-,38-,39-,40-,41-/m1/s1. The van der Waals surface area contributed by atoms with Crippen LogP contribution in [-0.2, 0) is 57.6 Å². The number of halogens is 3. The van der Waals surface area contributed by atoms with E-state index in [1.807, 2.05) is 20.8 Å². The third kappa shape index (κ3) is 7.42. The Morgan fingerprint density at radius 2 is 1.25 bits per heavy atom. The Bertz CT molecular complexity index is 1610. The number of hydrogen-bond acceptors (Lipinski definition) is 12. The first-order chi connectivity index (χ1) is 27.9. The lowest BCUT2D eigenvalue weighted by molar-refractivity contribution is -0.571. The number of methoxy groups -OCH3 is 1. The van der Waals surface area contributed by atoms with E-state index in [-0.39, 0.29) is 61.3 Å². The molecule has 2 amide bonds. The molecule has 14 nitrogen and oxygen atoms in total. The maximum atomic E-state index is 14.5. The summed E-state index contributed by atoms with van der Waals surface area (Å²) >= 11 is 0. The third-order valence-electron chi connectivity index (χ3n) is 16.0. The molecule has 10 rings (SSSR count). The molecule has 334 valence electrons. The van der Waals surface area contributed by atoms with Gasteiger partial charge in [-0.2, -0.15) is 13.2 Å². The number of ether oxygens (including phenoxy) is 5. The summed E-state index contributed by atoms with van der Waals surface area (Å²) < 4.78 is 74.5. The van der Waals surface area contributed by atoms with Gasteiger partial charge in [0.25, 0.3) is 0 Å². The summed E-state index contributed by atoms with van der Waals surface area (Å²) in [5.74, 6) is -5.07. The average Bonchev–Trinajstić information content (AvgIpc) is 3.57. The highest BCUT2D eigenvalue weighted by atomic mass is 19.4. The zero-order chi connectivity index (χ0) is 42.3. The van der Waals surface area contributed by atoms with Gasteiger partial charge < -0.3 is 33.9 Å². The first kappa shape index (κ1) is 43.5. The summed E-state index contributed by atoms with van der Waals surface area (Å²) in [6.45, 7) is 11.2. The quantitative estimate of drug-likeness (QED) is 0.189. The van der Waals surface area contributed by atoms with Crippen LogP contribution in [0.2, 0.25) is 0 Å². The van der Waals surface area contributed by atoms with Crippen molar-refractivity contribution >= 4 is 17.8 Å². The minimum Gasteiger partial charge on any atom is -0.468 e. The topological polar surface area (TPSA) is 150 Å². The van der Waals surface area contributed by atoms with Crippen LogP contribution in [0.15, 0.2) is 0 Å². The Balaban J connectivity index is 1.01. The summed E-state index contributed by atoms with van der Waals surface area (Å²) in [6, 6.07) is -1.58. The molecule has 10 aliphatic rings. The van der Waals surface area contributed by atoms with Crippen LogP contribution in [0.5, 0.6) is 0 Å². The molecular weight excluding hydrogens is 781 g/mol. The van der Waals surface area contributed by atoms with Gasteiger partial charge in [-0.25, -0.2) is 19.6 Å². The van der Waals surface area contributed by atoms with Crippen molar-refractivity contribution in [3.05, 3.63) is 0 Å². The summed E-state index contributed by atoms with van der Waals surface area (Å²) in [5, 5.41) is 2.42. The number of carbonyl (C=O) groups excluding carboxylic acids is 3. The highest BCUT2D eigenvalue weighted by molar-refractivity contribution is 5.91. The summed E-state index contributed by atoms with van der Waals surface area (Å²) in [7, 11) is 1.14. The number of carbonyl (C=O) groups is 3. The predicted molar refractivity (Wildman–Crippen MR) is 199 cm³/mol. The van der Waals surface area contributed by atoms with Gasteiger partial charge in [0.15, 0.2) is 23.8 Å². The van der Waals surface area contributed by atoms with Gasteiger partial charge >= 0.3 is 18.1 Å². The Morgan fingerprint density at radius 3 is 1.75 bits per heavy atom. The van der Waals surface area contributed by atoms with E-state index in [9.17, 15) is 27.6 Å². The molecule has 0 aromatic carbocycles. The zero-order valence-corrected chi connectivity index (χ0v) is 35.4. The van der Waals surface area contributed by atoms with E-state index in [1.165, 1.54) is 0 Å². The van der Waals surface area contributed by atoms with Crippen molar-refractivity contribution in [2.24, 2.45) is 47.3 Å². The van der Waals surface area contributed by atoms with Gasteiger partial charge in [0.05, 0.1) is 19.3 Å². The normalized spacial score (nSPS) is 46.5. The molecule has 0 radical (unpaired) electrons. The second-order valence-electron chi connectivity index (χ2n) is 19.4. The van der Waals surface area contributed by atoms with E-state index < -0.39 is 84.1 Å². The maximum Gasteiger partial charge on any atom is 0.471 e. The fourth-order valence-corrected chi connectivity index (χ4v) is 12.7. The van der Waals surface area contributed by atoms with Crippen LogP contribution >= 0.6 is 0 Å². The lowest BCUT2D eigenvalue weighted by atomic mass is 9.57. The monoisotopic (exact) mass is 844 g/mol. The van der Waals surface area contributed by atoms with E-state index in [1.54, 1.807) is 0 Å². The molecule has 17 atom stereocenters. The predicted octanol–water partition coefficient (Wildman–Crippen LogP) is 6.10. The average molecular weight is 845 g/mol. The molecule has 8 aliphatic heterocycles. The largest absolute Gasteiger partial charge is 0.471 e. The van der Waals surface area contributed by atoms with E-state index in [0.29, 0.717) is 36.0 Å². The third-order valence-corrected chi connectivity index (χ3v) is 16.0. The van der Waals surface area contributed by atoms with Crippen molar-refractivity contribution in [2.75, 3.05) is 20.2 Å². The Labute approximate surface area is 344 Å². The molecule has 2 aliphatic carbocycles. The molecule has 0 aromatic rings. The van der Waals surface area contributed by atoms with Gasteiger partial charge in [-0.05, 0) is 114 Å². The smallest absolute Gasteiger partial charge is 0.468 e. The molecule has 8 saturated heterocycles. The fourth-order valence-electron chi connectivity index (χ4n) is 12.7. The van der Waals surface area contributed by atoms with Crippen LogP contribution in [0.3, 0.4) is 0 Å². The van der Waals surface area contributed by atoms with Crippen LogP contribution in [0.1, 0.15) is 119 Å². The first-order valence-electron chi connectivity index (χ1n) is 22.0. The number of amides is 2. The summed E-state index contributed by atoms with van der Waals surface area (Å²) in [5.41, 5.74) is -1.64. The number of fused-ring (bicyclic) bond motifs is 4. The van der Waals surface area contributed by atoms with Gasteiger partial charge in [-0.3, -0.25) is 14.4 Å². The lowest BCUT2D eigenvalue weighted by Gasteiger charge is -2.60. The molecule has 1 unspecified atom stereocenters. The summed E-state index contributed by atoms with van der Waals surface area (Å²) in [6.07, 6.45) is -0.780. The SMILES string of the molecule is COC(=O)CNC(=O)C(CC[C@H]1O[C@@H]2O[C@@]3(C)CC[C@H]4[C@H](C)CC[C@@H]([C@H]1C)[C@@]24OO3)N(CCC[C@H]1O[C@@H]2O[C@@]3(C)CC[C@H]4[C@H](C)CC[C@@H]([C@H]1C)[C@@]24OO3)C(=O)C(F)(F)F. The van der Waals surface area contributed by atoms with Crippen LogP contribution < -0.4 is 5.32 Å². The summed E-state index contributed by atoms with van der Waals surface area (Å²) in [4.78, 5) is 64.4. The molecule has 17 heteroatoms. The maximum absolute atomic E-state index is 14.5. The number of alkyl halides is 3. The van der Waals surface area contributed by atoms with Gasteiger partial charge in [0.2, 0.25) is 17.5 Å². The van der Waals surface area contributed by atoms with Crippen molar-refractivity contribution in [1.82, 2.24) is 10.2 Å². The molecule has 2 saturated carbocycles. The van der Waals surface area contributed by atoms with Gasteiger partial charge in [0, 0.05) is 31.2 Å². The molecule has 59 heavy (non-hydrogen) atoms. The van der Waals surface area contributed by atoms with Gasteiger partial charge in [0.1, 0.15) is 12.6 Å². The zero-order valence-electron chi connectivity index (χ0n) is 35.4. The molecule has 1 N–H and O–H groups in total. The van der Waals surface area contributed by atoms with Crippen molar-refractivity contribution in [3.63, 3.8) is 0 Å². The molecule has 10 fully saturated rings. The van der Waals surface area contributed by atoms with E-state index in [4.69, 9.17) is 38.5 Å². The van der Waals surface area contributed by atoms with Crippen LogP contribution in [0.25, 0.3) is 0 Å². The molecule has 0 aromatic heterocycles. The van der Waals surface area contributed by atoms with Crippen LogP contribution in [-0.4, -0.2) is 103 Å². The number of nitrogens with one attached hydrogen (secondary N) is 1. The Morgan fingerprint density at radius 1 is 0.746 bits per heavy atom. The van der Waals surface area contributed by atoms with E-state index in [2.05, 4.69) is 30.8 Å². The minimum atomic E-state index is -5.27. The highest BCUT2D eigenvalue weighted by Crippen LogP contribution is 2.62. The van der Waals surface area contributed by atoms with Crippen LogP contribution in [0, 0.1) is 47.3 Å². The van der Waals surface area contributed by atoms with E-state index in [0.717, 1.165) is 45.6 Å². The minimum absolute atomic E-state index is 0.0198. The molecular formula is C42H63F3N2O12. The lowest BCUT2D eigenvalue weighted by Crippen LogP contribution is -2.70. The first-order valence-corrected chi connectivity index (χ1v) is 22.0. The number of nitrogens with zero attached hydrogens (tertiary/aromatic N) is 1.